The van der Waals surface area contributed by atoms with Crippen molar-refractivity contribution in [2.24, 2.45) is 0 Å². The lowest BCUT2D eigenvalue weighted by atomic mass is 9.89. The van der Waals surface area contributed by atoms with Crippen LogP contribution in [0.2, 0.25) is 0 Å². The largest absolute Gasteiger partial charge is 0.394 e. The lowest BCUT2D eigenvalue weighted by Crippen LogP contribution is -2.63. The first-order chi connectivity index (χ1) is 14.3. The molecule has 0 bridgehead atoms. The molecule has 30 heavy (non-hydrogen) atoms. The maximum atomic E-state index is 10.7. The molecule has 2 aliphatic rings. The maximum Gasteiger partial charge on any atom is 0.167 e. The van der Waals surface area contributed by atoms with E-state index in [9.17, 15) is 35.7 Å². The molecule has 0 spiro atoms. The molecule has 10 atom stereocenters. The lowest BCUT2D eigenvalue weighted by Gasteiger charge is -2.43. The number of nitrogen functional groups attached to an aromatic ring is 1. The summed E-state index contributed by atoms with van der Waals surface area (Å²) in [6.07, 6.45) is -12.9. The Morgan fingerprint density at radius 3 is 2.30 bits per heavy atom. The fraction of sp³-hybridized carbons (Fsp3) is 0.688. The van der Waals surface area contributed by atoms with Crippen molar-refractivity contribution in [3.05, 3.63) is 12.7 Å². The molecule has 166 valence electrons. The second-order valence-electron chi connectivity index (χ2n) is 7.34. The van der Waals surface area contributed by atoms with Gasteiger partial charge in [0.1, 0.15) is 66.8 Å². The van der Waals surface area contributed by atoms with Gasteiger partial charge in [-0.2, -0.15) is 0 Å². The number of anilines is 1. The topological polar surface area (TPSA) is 230 Å². The van der Waals surface area contributed by atoms with Crippen LogP contribution in [0.3, 0.4) is 0 Å². The highest BCUT2D eigenvalue weighted by molar-refractivity contribution is 5.81. The summed E-state index contributed by atoms with van der Waals surface area (Å²) in [6.45, 7) is -0.685. The van der Waals surface area contributed by atoms with Crippen LogP contribution in [0.15, 0.2) is 12.7 Å². The highest BCUT2D eigenvalue weighted by atomic mass is 16.6. The predicted molar refractivity (Wildman–Crippen MR) is 95.4 cm³/mol. The number of aliphatic hydroxyl groups is 7. The third-order valence-corrected chi connectivity index (χ3v) is 5.54. The van der Waals surface area contributed by atoms with Crippen molar-refractivity contribution < 1.29 is 45.2 Å². The molecule has 4 rings (SSSR count). The molecule has 0 radical (unpaired) electrons. The monoisotopic (exact) mass is 429 g/mol. The minimum absolute atomic E-state index is 0.102. The number of aromatic nitrogens is 4. The molecule has 0 aliphatic carbocycles. The summed E-state index contributed by atoms with van der Waals surface area (Å²) >= 11 is 0. The summed E-state index contributed by atoms with van der Waals surface area (Å²) in [4.78, 5) is 11.9. The van der Waals surface area contributed by atoms with Crippen LogP contribution in [0, 0.1) is 0 Å². The van der Waals surface area contributed by atoms with Crippen molar-refractivity contribution in [1.29, 1.82) is 0 Å². The summed E-state index contributed by atoms with van der Waals surface area (Å²) in [5.41, 5.74) is 6.21. The van der Waals surface area contributed by atoms with E-state index >= 15 is 0 Å². The summed E-state index contributed by atoms with van der Waals surface area (Å²) in [5, 5.41) is 71.0. The van der Waals surface area contributed by atoms with E-state index in [1.165, 1.54) is 17.2 Å². The van der Waals surface area contributed by atoms with E-state index in [0.717, 1.165) is 0 Å². The van der Waals surface area contributed by atoms with Crippen molar-refractivity contribution >= 4 is 17.0 Å². The zero-order valence-electron chi connectivity index (χ0n) is 15.4. The van der Waals surface area contributed by atoms with Gasteiger partial charge in [-0.05, 0) is 0 Å². The van der Waals surface area contributed by atoms with Crippen molar-refractivity contribution in [3.63, 3.8) is 0 Å². The summed E-state index contributed by atoms with van der Waals surface area (Å²) in [6, 6.07) is 0. The standard InChI is InChI=1S/C16H23N5O9/c17-14-5-15(19-2-18-14)21(3-20-5)16-10(27)9(26)13(30-16)11(28)12-8(25)7(24)6(23)4(1-22)29-12/h2-4,6-13,16,22-28H,1H2,(H2,17,18,19)/t4-,6-,7+,8-,9+,10-,11?,12+,13+,16-/m1/s1. The first-order valence-electron chi connectivity index (χ1n) is 9.19. The van der Waals surface area contributed by atoms with Crippen LogP contribution in [0.5, 0.6) is 0 Å². The molecule has 0 aromatic carbocycles. The Balaban J connectivity index is 1.59. The fourth-order valence-corrected chi connectivity index (χ4v) is 3.85. The van der Waals surface area contributed by atoms with Gasteiger partial charge >= 0.3 is 0 Å². The quantitative estimate of drug-likeness (QED) is 0.228. The summed E-state index contributed by atoms with van der Waals surface area (Å²) in [5.74, 6) is 0.102. The number of aliphatic hydroxyl groups excluding tert-OH is 7. The fourth-order valence-electron chi connectivity index (χ4n) is 3.85. The van der Waals surface area contributed by atoms with Crippen LogP contribution >= 0.6 is 0 Å². The molecule has 2 aliphatic heterocycles. The molecule has 2 aromatic rings. The highest BCUT2D eigenvalue weighted by Gasteiger charge is 2.54. The first kappa shape index (κ1) is 21.2. The summed E-state index contributed by atoms with van der Waals surface area (Å²) < 4.78 is 12.3. The van der Waals surface area contributed by atoms with Gasteiger partial charge in [0.05, 0.1) is 12.9 Å². The van der Waals surface area contributed by atoms with E-state index in [1.54, 1.807) is 0 Å². The Labute approximate surface area is 168 Å². The van der Waals surface area contributed by atoms with Crippen molar-refractivity contribution in [2.45, 2.75) is 61.2 Å². The Hall–Kier alpha value is -2.01. The molecule has 14 heteroatoms. The number of nitrogens with two attached hydrogens (primary N) is 1. The van der Waals surface area contributed by atoms with Crippen molar-refractivity contribution in [2.75, 3.05) is 12.3 Å². The molecule has 4 heterocycles. The van der Waals surface area contributed by atoms with Gasteiger partial charge < -0.3 is 51.0 Å². The number of ether oxygens (including phenoxy) is 2. The first-order valence-corrected chi connectivity index (χ1v) is 9.19. The molecule has 2 fully saturated rings. The molecule has 1 unspecified atom stereocenters. The van der Waals surface area contributed by atoms with E-state index in [1.807, 2.05) is 0 Å². The van der Waals surface area contributed by atoms with E-state index in [2.05, 4.69) is 15.0 Å². The molecular weight excluding hydrogens is 406 g/mol. The molecular formula is C16H23N5O9. The van der Waals surface area contributed by atoms with Crippen LogP contribution in [-0.2, 0) is 9.47 Å². The lowest BCUT2D eigenvalue weighted by molar-refractivity contribution is -0.262. The van der Waals surface area contributed by atoms with Gasteiger partial charge in [-0.25, -0.2) is 15.0 Å². The second-order valence-corrected chi connectivity index (χ2v) is 7.34. The number of fused-ring (bicyclic) bond motifs is 1. The third-order valence-electron chi connectivity index (χ3n) is 5.54. The predicted octanol–water partition coefficient (Wildman–Crippen LogP) is -4.77. The van der Waals surface area contributed by atoms with E-state index in [-0.39, 0.29) is 17.0 Å². The normalized spacial score (nSPS) is 40.7. The van der Waals surface area contributed by atoms with Gasteiger partial charge in [0.15, 0.2) is 17.7 Å². The van der Waals surface area contributed by atoms with Crippen LogP contribution < -0.4 is 5.73 Å². The van der Waals surface area contributed by atoms with Gasteiger partial charge in [0.2, 0.25) is 0 Å². The van der Waals surface area contributed by atoms with Gasteiger partial charge in [-0.1, -0.05) is 0 Å². The SMILES string of the molecule is Nc1ncnc2c1ncn2[C@@H]1O[C@H](C(O)[C@H]2O[C@H](CO)[C@@H](O)[C@H](O)[C@H]2O)[C@@H](O)[C@H]1O. The Morgan fingerprint density at radius 1 is 0.933 bits per heavy atom. The molecule has 0 saturated carbocycles. The van der Waals surface area contributed by atoms with Gasteiger partial charge in [0.25, 0.3) is 0 Å². The maximum absolute atomic E-state index is 10.7. The molecule has 9 N–H and O–H groups in total. The smallest absolute Gasteiger partial charge is 0.167 e. The molecule has 14 nitrogen and oxygen atoms in total. The van der Waals surface area contributed by atoms with Crippen LogP contribution in [0.1, 0.15) is 6.23 Å². The number of rotatable bonds is 4. The minimum atomic E-state index is -1.74. The zero-order chi connectivity index (χ0) is 21.7. The van der Waals surface area contributed by atoms with Crippen LogP contribution in [0.25, 0.3) is 11.2 Å². The van der Waals surface area contributed by atoms with Crippen molar-refractivity contribution in [1.82, 2.24) is 19.5 Å². The van der Waals surface area contributed by atoms with E-state index in [0.29, 0.717) is 0 Å². The van der Waals surface area contributed by atoms with Gasteiger partial charge in [0, 0.05) is 0 Å². The van der Waals surface area contributed by atoms with Crippen LogP contribution in [0.4, 0.5) is 5.82 Å². The third kappa shape index (κ3) is 3.22. The summed E-state index contributed by atoms with van der Waals surface area (Å²) in [7, 11) is 0. The van der Waals surface area contributed by atoms with Crippen LogP contribution in [-0.4, -0.2) is 117 Å². The van der Waals surface area contributed by atoms with Gasteiger partial charge in [-0.3, -0.25) is 4.57 Å². The van der Waals surface area contributed by atoms with E-state index in [4.69, 9.17) is 15.2 Å². The Morgan fingerprint density at radius 2 is 1.60 bits per heavy atom. The number of nitrogens with zero attached hydrogens (tertiary/aromatic N) is 4. The molecule has 0 amide bonds. The number of hydrogen-bond acceptors (Lipinski definition) is 13. The Kier molecular flexibility index (Phi) is 5.60. The van der Waals surface area contributed by atoms with E-state index < -0.39 is 67.8 Å². The molecule has 2 saturated heterocycles. The second kappa shape index (κ2) is 7.92. The Bertz CT molecular complexity index is 897. The average Bonchev–Trinajstić information content (AvgIpc) is 3.28. The number of imidazole rings is 1. The highest BCUT2D eigenvalue weighted by Crippen LogP contribution is 2.36. The average molecular weight is 429 g/mol. The minimum Gasteiger partial charge on any atom is -0.394 e. The van der Waals surface area contributed by atoms with Crippen molar-refractivity contribution in [3.8, 4) is 0 Å². The van der Waals surface area contributed by atoms with Gasteiger partial charge in [-0.15, -0.1) is 0 Å². The zero-order valence-corrected chi connectivity index (χ0v) is 15.4. The molecule has 2 aromatic heterocycles. The number of hydrogen-bond donors (Lipinski definition) is 8.